The van der Waals surface area contributed by atoms with Crippen LogP contribution in [0.1, 0.15) is 35.0 Å². The third kappa shape index (κ3) is 2.31. The summed E-state index contributed by atoms with van der Waals surface area (Å²) in [4.78, 5) is 5.71. The zero-order valence-electron chi connectivity index (χ0n) is 10.8. The van der Waals surface area contributed by atoms with Crippen LogP contribution >= 0.6 is 11.3 Å². The molecular weight excluding hydrogens is 247 g/mol. The average Bonchev–Trinajstić information content (AvgIpc) is 2.72. The van der Waals surface area contributed by atoms with Crippen molar-refractivity contribution in [1.29, 1.82) is 0 Å². The van der Waals surface area contributed by atoms with Crippen molar-refractivity contribution in [1.82, 2.24) is 4.98 Å². The number of halogens is 1. The molecule has 1 heterocycles. The Balaban J connectivity index is 2.43. The Labute approximate surface area is 111 Å². The number of thiazole rings is 1. The first-order chi connectivity index (χ1) is 8.45. The number of nitrogens with two attached hydrogens (primary N) is 1. The van der Waals surface area contributed by atoms with Crippen LogP contribution in [0.4, 0.5) is 4.39 Å². The normalized spacial score (nSPS) is 11.8. The van der Waals surface area contributed by atoms with E-state index >= 15 is 0 Å². The van der Waals surface area contributed by atoms with Crippen LogP contribution in [0.5, 0.6) is 0 Å². The summed E-state index contributed by atoms with van der Waals surface area (Å²) in [6.07, 6.45) is 0. The number of benzene rings is 1. The van der Waals surface area contributed by atoms with Gasteiger partial charge in [0.15, 0.2) is 0 Å². The molecule has 0 atom stereocenters. The van der Waals surface area contributed by atoms with Gasteiger partial charge < -0.3 is 5.73 Å². The van der Waals surface area contributed by atoms with Crippen molar-refractivity contribution in [2.24, 2.45) is 5.73 Å². The standard InChI is InChI=1S/C14H17FN2S/c1-9-12(8-16)18-13(17-9)14(2,3)10-4-6-11(15)7-5-10/h4-7H,8,16H2,1-3H3. The van der Waals surface area contributed by atoms with E-state index in [1.807, 2.05) is 19.1 Å². The molecule has 4 heteroatoms. The monoisotopic (exact) mass is 264 g/mol. The molecule has 2 rings (SSSR count). The van der Waals surface area contributed by atoms with E-state index in [-0.39, 0.29) is 11.2 Å². The second kappa shape index (κ2) is 4.78. The third-order valence-electron chi connectivity index (χ3n) is 3.18. The van der Waals surface area contributed by atoms with Crippen molar-refractivity contribution < 1.29 is 4.39 Å². The molecule has 1 aromatic heterocycles. The molecule has 0 spiro atoms. The first-order valence-electron chi connectivity index (χ1n) is 5.88. The molecule has 96 valence electrons. The van der Waals surface area contributed by atoms with Gasteiger partial charge in [-0.1, -0.05) is 12.1 Å². The Morgan fingerprint density at radius 1 is 1.28 bits per heavy atom. The molecule has 2 N–H and O–H groups in total. The Morgan fingerprint density at radius 3 is 2.39 bits per heavy atom. The van der Waals surface area contributed by atoms with Crippen molar-refractivity contribution in [3.8, 4) is 0 Å². The molecule has 0 fully saturated rings. The predicted octanol–water partition coefficient (Wildman–Crippen LogP) is 3.38. The lowest BCUT2D eigenvalue weighted by atomic mass is 9.85. The number of hydrogen-bond acceptors (Lipinski definition) is 3. The van der Waals surface area contributed by atoms with Gasteiger partial charge in [0.1, 0.15) is 10.8 Å². The lowest BCUT2D eigenvalue weighted by molar-refractivity contribution is 0.611. The maximum Gasteiger partial charge on any atom is 0.123 e. The van der Waals surface area contributed by atoms with Crippen molar-refractivity contribution in [3.63, 3.8) is 0 Å². The van der Waals surface area contributed by atoms with Crippen LogP contribution in [0.3, 0.4) is 0 Å². The second-order valence-electron chi connectivity index (χ2n) is 4.86. The summed E-state index contributed by atoms with van der Waals surface area (Å²) >= 11 is 1.64. The van der Waals surface area contributed by atoms with Crippen LogP contribution in [0.25, 0.3) is 0 Å². The van der Waals surface area contributed by atoms with Gasteiger partial charge in [-0.2, -0.15) is 0 Å². The molecule has 0 radical (unpaired) electrons. The number of aryl methyl sites for hydroxylation is 1. The largest absolute Gasteiger partial charge is 0.326 e. The van der Waals surface area contributed by atoms with Crippen LogP contribution in [0.2, 0.25) is 0 Å². The highest BCUT2D eigenvalue weighted by atomic mass is 32.1. The summed E-state index contributed by atoms with van der Waals surface area (Å²) in [6, 6.07) is 6.60. The van der Waals surface area contributed by atoms with Crippen LogP contribution in [-0.2, 0) is 12.0 Å². The lowest BCUT2D eigenvalue weighted by Crippen LogP contribution is -2.18. The number of rotatable bonds is 3. The van der Waals surface area contributed by atoms with Crippen LogP contribution in [0.15, 0.2) is 24.3 Å². The SMILES string of the molecule is Cc1nc(C(C)(C)c2ccc(F)cc2)sc1CN. The Bertz CT molecular complexity index is 543. The second-order valence-corrected chi connectivity index (χ2v) is 5.95. The highest BCUT2D eigenvalue weighted by Crippen LogP contribution is 2.35. The van der Waals surface area contributed by atoms with Gasteiger partial charge in [0.25, 0.3) is 0 Å². The molecule has 2 nitrogen and oxygen atoms in total. The van der Waals surface area contributed by atoms with Crippen LogP contribution in [0, 0.1) is 12.7 Å². The van der Waals surface area contributed by atoms with Gasteiger partial charge in [-0.3, -0.25) is 0 Å². The van der Waals surface area contributed by atoms with Gasteiger partial charge >= 0.3 is 0 Å². The molecule has 0 aliphatic rings. The third-order valence-corrected chi connectivity index (χ3v) is 4.68. The van der Waals surface area contributed by atoms with Crippen LogP contribution in [-0.4, -0.2) is 4.98 Å². The molecule has 0 saturated carbocycles. The van der Waals surface area contributed by atoms with E-state index in [0.29, 0.717) is 6.54 Å². The minimum absolute atomic E-state index is 0.215. The fourth-order valence-corrected chi connectivity index (χ4v) is 2.94. The van der Waals surface area contributed by atoms with Crippen molar-refractivity contribution in [2.45, 2.75) is 32.7 Å². The summed E-state index contributed by atoms with van der Waals surface area (Å²) < 4.78 is 13.0. The van der Waals surface area contributed by atoms with E-state index in [1.54, 1.807) is 11.3 Å². The fraction of sp³-hybridized carbons (Fsp3) is 0.357. The molecule has 0 bridgehead atoms. The van der Waals surface area contributed by atoms with E-state index in [1.165, 1.54) is 12.1 Å². The number of nitrogens with zero attached hydrogens (tertiary/aromatic N) is 1. The summed E-state index contributed by atoms with van der Waals surface area (Å²) in [5, 5.41) is 1.02. The number of aromatic nitrogens is 1. The minimum Gasteiger partial charge on any atom is -0.326 e. The van der Waals surface area contributed by atoms with E-state index in [2.05, 4.69) is 18.8 Å². The summed E-state index contributed by atoms with van der Waals surface area (Å²) in [5.41, 5.74) is 7.51. The van der Waals surface area contributed by atoms with Gasteiger partial charge in [0.05, 0.1) is 5.69 Å². The summed E-state index contributed by atoms with van der Waals surface area (Å²) in [6.45, 7) is 6.68. The quantitative estimate of drug-likeness (QED) is 0.923. The zero-order valence-corrected chi connectivity index (χ0v) is 11.6. The topological polar surface area (TPSA) is 38.9 Å². The smallest absolute Gasteiger partial charge is 0.123 e. The highest BCUT2D eigenvalue weighted by molar-refractivity contribution is 7.11. The van der Waals surface area contributed by atoms with E-state index in [4.69, 9.17) is 5.73 Å². The fourth-order valence-electron chi connectivity index (χ4n) is 1.87. The zero-order chi connectivity index (χ0) is 13.3. The van der Waals surface area contributed by atoms with Crippen molar-refractivity contribution >= 4 is 11.3 Å². The average molecular weight is 264 g/mol. The molecule has 0 aliphatic heterocycles. The Kier molecular flexibility index (Phi) is 3.50. The number of hydrogen-bond donors (Lipinski definition) is 1. The van der Waals surface area contributed by atoms with E-state index < -0.39 is 0 Å². The van der Waals surface area contributed by atoms with Gasteiger partial charge in [0, 0.05) is 16.8 Å². The Morgan fingerprint density at radius 2 is 1.89 bits per heavy atom. The maximum absolute atomic E-state index is 13.0. The molecule has 0 unspecified atom stereocenters. The first-order valence-corrected chi connectivity index (χ1v) is 6.69. The lowest BCUT2D eigenvalue weighted by Gasteiger charge is -2.22. The van der Waals surface area contributed by atoms with Crippen molar-refractivity contribution in [3.05, 3.63) is 51.2 Å². The molecular formula is C14H17FN2S. The molecule has 0 aliphatic carbocycles. The van der Waals surface area contributed by atoms with Gasteiger partial charge in [-0.25, -0.2) is 9.37 Å². The predicted molar refractivity (Wildman–Crippen MR) is 73.3 cm³/mol. The molecule has 0 saturated heterocycles. The van der Waals surface area contributed by atoms with Crippen molar-refractivity contribution in [2.75, 3.05) is 0 Å². The minimum atomic E-state index is -0.226. The Hall–Kier alpha value is -1.26. The molecule has 18 heavy (non-hydrogen) atoms. The molecule has 2 aromatic rings. The maximum atomic E-state index is 13.0. The molecule has 1 aromatic carbocycles. The highest BCUT2D eigenvalue weighted by Gasteiger charge is 2.27. The van der Waals surface area contributed by atoms with Gasteiger partial charge in [-0.15, -0.1) is 11.3 Å². The van der Waals surface area contributed by atoms with Gasteiger partial charge in [-0.05, 0) is 38.5 Å². The van der Waals surface area contributed by atoms with Gasteiger partial charge in [0.2, 0.25) is 0 Å². The van der Waals surface area contributed by atoms with E-state index in [9.17, 15) is 4.39 Å². The first kappa shape index (κ1) is 13.2. The summed E-state index contributed by atoms with van der Waals surface area (Å²) in [5.74, 6) is -0.215. The van der Waals surface area contributed by atoms with E-state index in [0.717, 1.165) is 21.1 Å². The van der Waals surface area contributed by atoms with Crippen LogP contribution < -0.4 is 5.73 Å². The molecule has 0 amide bonds. The summed E-state index contributed by atoms with van der Waals surface area (Å²) in [7, 11) is 0.